The van der Waals surface area contributed by atoms with Crippen molar-refractivity contribution in [3.63, 3.8) is 0 Å². The number of thiazole rings is 1. The molecule has 4 rings (SSSR count). The second kappa shape index (κ2) is 9.88. The van der Waals surface area contributed by atoms with E-state index in [0.717, 1.165) is 28.0 Å². The van der Waals surface area contributed by atoms with Crippen LogP contribution in [-0.4, -0.2) is 29.1 Å². The maximum Gasteiger partial charge on any atom is 0.270 e. The molecule has 2 heterocycles. The summed E-state index contributed by atoms with van der Waals surface area (Å²) in [5.74, 6) is -1.75. The third kappa shape index (κ3) is 5.88. The Morgan fingerprint density at radius 3 is 2.76 bits per heavy atom. The number of nitrogens with one attached hydrogen (secondary N) is 2. The number of alkyl halides is 2. The van der Waals surface area contributed by atoms with Crippen molar-refractivity contribution in [2.75, 3.05) is 18.4 Å². The van der Waals surface area contributed by atoms with Gasteiger partial charge in [-0.25, -0.2) is 13.8 Å². The van der Waals surface area contributed by atoms with Gasteiger partial charge in [-0.3, -0.25) is 4.79 Å². The average molecular weight is 489 g/mol. The van der Waals surface area contributed by atoms with Crippen LogP contribution in [0.2, 0.25) is 0 Å². The van der Waals surface area contributed by atoms with E-state index in [0.29, 0.717) is 35.1 Å². The van der Waals surface area contributed by atoms with Crippen molar-refractivity contribution in [2.24, 2.45) is 0 Å². The van der Waals surface area contributed by atoms with Crippen molar-refractivity contribution in [3.8, 4) is 0 Å². The molecule has 0 spiro atoms. The number of halogens is 2. The molecule has 0 aliphatic rings. The number of rotatable bonds is 9. The molecule has 0 atom stereocenters. The van der Waals surface area contributed by atoms with Crippen molar-refractivity contribution in [2.45, 2.75) is 30.4 Å². The van der Waals surface area contributed by atoms with Crippen LogP contribution in [0.25, 0.3) is 10.2 Å². The summed E-state index contributed by atoms with van der Waals surface area (Å²) in [6.07, 6.45) is 0. The summed E-state index contributed by atoms with van der Waals surface area (Å²) in [5, 5.41) is 10.5. The molecule has 2 N–H and O–H groups in total. The van der Waals surface area contributed by atoms with Crippen LogP contribution >= 0.6 is 23.1 Å². The number of aromatic nitrogens is 2. The predicted octanol–water partition coefficient (Wildman–Crippen LogP) is 5.84. The fraction of sp³-hybridized carbons (Fsp3) is 0.261. The van der Waals surface area contributed by atoms with Gasteiger partial charge in [0.25, 0.3) is 11.8 Å². The van der Waals surface area contributed by atoms with Crippen LogP contribution in [0.4, 0.5) is 13.9 Å². The molecule has 2 aromatic heterocycles. The molecule has 0 radical (unpaired) electrons. The van der Waals surface area contributed by atoms with E-state index in [9.17, 15) is 13.6 Å². The standard InChI is InChI=1S/C23H22F2N4O2S2/c1-14-11-16(31-29-14)13-32-19-6-4-3-5-17(19)21(30)26-9-10-27-22-28-18-12-15(23(2,24)25)7-8-20(18)33-22/h3-8,11-12H,9-10,13H2,1-2H3,(H,26,30)(H,27,28). The first kappa shape index (κ1) is 23.2. The van der Waals surface area contributed by atoms with Crippen molar-refractivity contribution in [3.05, 3.63) is 71.1 Å². The minimum atomic E-state index is -2.90. The summed E-state index contributed by atoms with van der Waals surface area (Å²) in [7, 11) is 0. The molecule has 4 aromatic rings. The highest BCUT2D eigenvalue weighted by Gasteiger charge is 2.24. The Labute approximate surface area is 197 Å². The van der Waals surface area contributed by atoms with E-state index in [4.69, 9.17) is 4.52 Å². The highest BCUT2D eigenvalue weighted by molar-refractivity contribution is 7.98. The third-order valence-electron chi connectivity index (χ3n) is 4.76. The molecule has 33 heavy (non-hydrogen) atoms. The van der Waals surface area contributed by atoms with Crippen molar-refractivity contribution in [1.29, 1.82) is 0 Å². The van der Waals surface area contributed by atoms with Gasteiger partial charge in [0.15, 0.2) is 5.13 Å². The molecule has 0 fully saturated rings. The fourth-order valence-electron chi connectivity index (χ4n) is 3.13. The molecule has 0 aliphatic carbocycles. The molecule has 1 amide bonds. The maximum atomic E-state index is 13.5. The number of nitrogens with zero attached hydrogens (tertiary/aromatic N) is 2. The normalized spacial score (nSPS) is 11.6. The highest BCUT2D eigenvalue weighted by Crippen LogP contribution is 2.32. The Bertz CT molecular complexity index is 1270. The lowest BCUT2D eigenvalue weighted by Crippen LogP contribution is -2.29. The minimum absolute atomic E-state index is 0.0610. The number of amides is 1. The number of benzene rings is 2. The van der Waals surface area contributed by atoms with Crippen LogP contribution in [0.5, 0.6) is 0 Å². The lowest BCUT2D eigenvalue weighted by molar-refractivity contribution is 0.0176. The third-order valence-corrected chi connectivity index (χ3v) is 6.85. The van der Waals surface area contributed by atoms with Crippen LogP contribution in [0.3, 0.4) is 0 Å². The number of hydrogen-bond acceptors (Lipinski definition) is 7. The second-order valence-electron chi connectivity index (χ2n) is 7.49. The smallest absolute Gasteiger partial charge is 0.270 e. The lowest BCUT2D eigenvalue weighted by Gasteiger charge is -2.09. The SMILES string of the molecule is Cc1cc(CSc2ccccc2C(=O)NCCNc2nc3cc(C(C)(F)F)ccc3s2)on1. The zero-order valence-electron chi connectivity index (χ0n) is 18.0. The summed E-state index contributed by atoms with van der Waals surface area (Å²) in [6.45, 7) is 3.57. The monoisotopic (exact) mass is 488 g/mol. The van der Waals surface area contributed by atoms with Crippen LogP contribution < -0.4 is 10.6 Å². The molecule has 6 nitrogen and oxygen atoms in total. The molecular weight excluding hydrogens is 466 g/mol. The summed E-state index contributed by atoms with van der Waals surface area (Å²) in [6, 6.07) is 13.8. The summed E-state index contributed by atoms with van der Waals surface area (Å²) >= 11 is 2.89. The van der Waals surface area contributed by atoms with Crippen molar-refractivity contribution >= 4 is 44.4 Å². The Morgan fingerprint density at radius 2 is 2.00 bits per heavy atom. The van der Waals surface area contributed by atoms with E-state index in [2.05, 4.69) is 20.8 Å². The largest absolute Gasteiger partial charge is 0.360 e. The topological polar surface area (TPSA) is 80.0 Å². The Morgan fingerprint density at radius 1 is 1.18 bits per heavy atom. The number of aryl methyl sites for hydroxylation is 1. The molecule has 10 heteroatoms. The first-order chi connectivity index (χ1) is 15.8. The number of carbonyl (C=O) groups is 1. The highest BCUT2D eigenvalue weighted by atomic mass is 32.2. The van der Waals surface area contributed by atoms with Crippen LogP contribution in [0.1, 0.15) is 34.3 Å². The maximum absolute atomic E-state index is 13.5. The molecule has 2 aromatic carbocycles. The molecule has 0 saturated carbocycles. The van der Waals surface area contributed by atoms with Gasteiger partial charge in [0.2, 0.25) is 0 Å². The fourth-order valence-corrected chi connectivity index (χ4v) is 4.93. The first-order valence-corrected chi connectivity index (χ1v) is 12.0. The zero-order chi connectivity index (χ0) is 23.4. The van der Waals surface area contributed by atoms with E-state index >= 15 is 0 Å². The Kier molecular flexibility index (Phi) is 6.94. The van der Waals surface area contributed by atoms with E-state index in [1.807, 2.05) is 31.2 Å². The Hall–Kier alpha value is -2.98. The van der Waals surface area contributed by atoms with Gasteiger partial charge >= 0.3 is 0 Å². The molecule has 0 saturated heterocycles. The quantitative estimate of drug-likeness (QED) is 0.228. The van der Waals surface area contributed by atoms with Gasteiger partial charge in [0.1, 0.15) is 5.76 Å². The van der Waals surface area contributed by atoms with Gasteiger partial charge < -0.3 is 15.2 Å². The Balaban J connectivity index is 1.31. The number of hydrogen-bond donors (Lipinski definition) is 2. The van der Waals surface area contributed by atoms with Gasteiger partial charge in [-0.2, -0.15) is 0 Å². The molecular formula is C23H22F2N4O2S2. The number of anilines is 1. The van der Waals surface area contributed by atoms with Gasteiger partial charge in [0.05, 0.1) is 27.2 Å². The first-order valence-electron chi connectivity index (χ1n) is 10.2. The van der Waals surface area contributed by atoms with Crippen LogP contribution in [0, 0.1) is 6.92 Å². The summed E-state index contributed by atoms with van der Waals surface area (Å²) in [5.41, 5.74) is 1.88. The van der Waals surface area contributed by atoms with Crippen LogP contribution in [-0.2, 0) is 11.7 Å². The van der Waals surface area contributed by atoms with Gasteiger partial charge in [-0.1, -0.05) is 34.7 Å². The van der Waals surface area contributed by atoms with E-state index in [1.165, 1.54) is 35.2 Å². The lowest BCUT2D eigenvalue weighted by atomic mass is 10.1. The number of carbonyl (C=O) groups excluding carboxylic acids is 1. The molecule has 0 unspecified atom stereocenters. The second-order valence-corrected chi connectivity index (χ2v) is 9.54. The summed E-state index contributed by atoms with van der Waals surface area (Å²) < 4.78 is 33.1. The number of thioether (sulfide) groups is 1. The van der Waals surface area contributed by atoms with E-state index < -0.39 is 5.92 Å². The van der Waals surface area contributed by atoms with Gasteiger partial charge in [-0.15, -0.1) is 11.8 Å². The zero-order valence-corrected chi connectivity index (χ0v) is 19.7. The number of fused-ring (bicyclic) bond motifs is 1. The average Bonchev–Trinajstić information content (AvgIpc) is 3.39. The molecule has 172 valence electrons. The van der Waals surface area contributed by atoms with Gasteiger partial charge in [0, 0.05) is 36.5 Å². The molecule has 0 bridgehead atoms. The van der Waals surface area contributed by atoms with E-state index in [-0.39, 0.29) is 11.5 Å². The van der Waals surface area contributed by atoms with Crippen LogP contribution in [0.15, 0.2) is 57.9 Å². The molecule has 0 aliphatic heterocycles. The predicted molar refractivity (Wildman–Crippen MR) is 127 cm³/mol. The summed E-state index contributed by atoms with van der Waals surface area (Å²) in [4.78, 5) is 17.9. The van der Waals surface area contributed by atoms with Crippen molar-refractivity contribution < 1.29 is 18.1 Å². The van der Waals surface area contributed by atoms with Crippen molar-refractivity contribution in [1.82, 2.24) is 15.5 Å². The minimum Gasteiger partial charge on any atom is -0.360 e. The van der Waals surface area contributed by atoms with E-state index in [1.54, 1.807) is 12.1 Å². The van der Waals surface area contributed by atoms with Gasteiger partial charge in [-0.05, 0) is 31.2 Å².